The first-order valence-electron chi connectivity index (χ1n) is 10.1. The lowest BCUT2D eigenvalue weighted by Gasteiger charge is -2.41. The van der Waals surface area contributed by atoms with E-state index in [1.54, 1.807) is 14.2 Å². The first kappa shape index (κ1) is 20.8. The molecule has 0 N–H and O–H groups in total. The van der Waals surface area contributed by atoms with Crippen LogP contribution in [0.15, 0.2) is 24.3 Å². The third kappa shape index (κ3) is 4.37. The number of methoxy groups -OCH3 is 2. The van der Waals surface area contributed by atoms with Gasteiger partial charge in [-0.3, -0.25) is 9.80 Å². The van der Waals surface area contributed by atoms with Gasteiger partial charge in [0, 0.05) is 39.4 Å². The van der Waals surface area contributed by atoms with E-state index >= 15 is 0 Å². The van der Waals surface area contributed by atoms with Crippen molar-refractivity contribution in [2.75, 3.05) is 40.5 Å². The summed E-state index contributed by atoms with van der Waals surface area (Å²) in [5.41, 5.74) is 1.97. The zero-order valence-electron chi connectivity index (χ0n) is 16.9. The molecule has 1 aromatic rings. The molecule has 6 heteroatoms. The van der Waals surface area contributed by atoms with Gasteiger partial charge < -0.3 is 9.47 Å². The molecule has 2 aliphatic heterocycles. The minimum absolute atomic E-state index is 0.168. The SMILES string of the molecule is COCC1CCCN1C(c1ccc(C(C#N)C#N)cc1)N1CCCC1COC. The highest BCUT2D eigenvalue weighted by molar-refractivity contribution is 5.34. The van der Waals surface area contributed by atoms with Gasteiger partial charge in [0.05, 0.1) is 31.5 Å². The van der Waals surface area contributed by atoms with Crippen molar-refractivity contribution in [3.8, 4) is 12.1 Å². The summed E-state index contributed by atoms with van der Waals surface area (Å²) in [6.45, 7) is 3.58. The fourth-order valence-electron chi connectivity index (χ4n) is 4.71. The van der Waals surface area contributed by atoms with Crippen LogP contribution < -0.4 is 0 Å². The van der Waals surface area contributed by atoms with Gasteiger partial charge in [0.15, 0.2) is 5.92 Å². The van der Waals surface area contributed by atoms with Crippen molar-refractivity contribution in [1.29, 1.82) is 10.5 Å². The molecule has 0 spiro atoms. The highest BCUT2D eigenvalue weighted by Crippen LogP contribution is 2.37. The average Bonchev–Trinajstić information content (AvgIpc) is 3.36. The monoisotopic (exact) mass is 382 g/mol. The van der Waals surface area contributed by atoms with E-state index in [-0.39, 0.29) is 6.17 Å². The van der Waals surface area contributed by atoms with Crippen LogP contribution in [-0.2, 0) is 9.47 Å². The lowest BCUT2D eigenvalue weighted by Crippen LogP contribution is -2.48. The minimum atomic E-state index is -0.714. The van der Waals surface area contributed by atoms with Crippen LogP contribution in [0.2, 0.25) is 0 Å². The molecule has 2 saturated heterocycles. The van der Waals surface area contributed by atoms with Gasteiger partial charge in [-0.1, -0.05) is 24.3 Å². The predicted molar refractivity (Wildman–Crippen MR) is 106 cm³/mol. The molecule has 2 fully saturated rings. The van der Waals surface area contributed by atoms with Gasteiger partial charge in [0.25, 0.3) is 0 Å². The Morgan fingerprint density at radius 2 is 1.36 bits per heavy atom. The summed E-state index contributed by atoms with van der Waals surface area (Å²) in [6, 6.07) is 13.0. The molecule has 2 unspecified atom stereocenters. The first-order valence-corrected chi connectivity index (χ1v) is 10.1. The fraction of sp³-hybridized carbons (Fsp3) is 0.636. The minimum Gasteiger partial charge on any atom is -0.383 e. The largest absolute Gasteiger partial charge is 0.383 e. The van der Waals surface area contributed by atoms with Gasteiger partial charge in [-0.15, -0.1) is 0 Å². The lowest BCUT2D eigenvalue weighted by molar-refractivity contribution is -0.0155. The topological polar surface area (TPSA) is 72.5 Å². The Morgan fingerprint density at radius 3 is 1.79 bits per heavy atom. The van der Waals surface area contributed by atoms with Gasteiger partial charge in [-0.25, -0.2) is 0 Å². The predicted octanol–water partition coefficient (Wildman–Crippen LogP) is 3.04. The molecule has 3 rings (SSSR count). The van der Waals surface area contributed by atoms with E-state index in [4.69, 9.17) is 9.47 Å². The zero-order chi connectivity index (χ0) is 19.9. The summed E-state index contributed by atoms with van der Waals surface area (Å²) in [5.74, 6) is -0.714. The Labute approximate surface area is 168 Å². The number of nitriles is 2. The number of hydrogen-bond acceptors (Lipinski definition) is 6. The summed E-state index contributed by atoms with van der Waals surface area (Å²) >= 11 is 0. The maximum absolute atomic E-state index is 9.17. The zero-order valence-corrected chi connectivity index (χ0v) is 16.9. The number of benzene rings is 1. The lowest BCUT2D eigenvalue weighted by atomic mass is 9.99. The smallest absolute Gasteiger partial charge is 0.158 e. The van der Waals surface area contributed by atoms with Crippen LogP contribution in [0.1, 0.15) is 48.9 Å². The van der Waals surface area contributed by atoms with Crippen molar-refractivity contribution in [3.63, 3.8) is 0 Å². The molecule has 0 aromatic heterocycles. The van der Waals surface area contributed by atoms with E-state index in [2.05, 4.69) is 34.1 Å². The molecule has 150 valence electrons. The van der Waals surface area contributed by atoms with Crippen LogP contribution in [0.25, 0.3) is 0 Å². The molecular weight excluding hydrogens is 352 g/mol. The summed E-state index contributed by atoms with van der Waals surface area (Å²) in [7, 11) is 3.54. The maximum Gasteiger partial charge on any atom is 0.158 e. The van der Waals surface area contributed by atoms with Crippen molar-refractivity contribution in [3.05, 3.63) is 35.4 Å². The standard InChI is InChI=1S/C22H30N4O2/c1-27-15-20-5-3-11-25(20)22(26-12-4-6-21(26)16-28-2)18-9-7-17(8-10-18)19(13-23)14-24/h7-10,19-22H,3-6,11-12,15-16H2,1-2H3. The molecule has 0 bridgehead atoms. The van der Waals surface area contributed by atoms with Crippen LogP contribution in [0.3, 0.4) is 0 Å². The van der Waals surface area contributed by atoms with Gasteiger partial charge in [-0.05, 0) is 36.8 Å². The molecule has 0 aliphatic carbocycles. The maximum atomic E-state index is 9.17. The molecular formula is C22H30N4O2. The molecule has 2 heterocycles. The quantitative estimate of drug-likeness (QED) is 0.688. The Morgan fingerprint density at radius 1 is 0.893 bits per heavy atom. The highest BCUT2D eigenvalue weighted by Gasteiger charge is 2.39. The van der Waals surface area contributed by atoms with E-state index < -0.39 is 5.92 Å². The van der Waals surface area contributed by atoms with Gasteiger partial charge in [0.1, 0.15) is 0 Å². The molecule has 0 radical (unpaired) electrons. The number of hydrogen-bond donors (Lipinski definition) is 0. The molecule has 6 nitrogen and oxygen atoms in total. The molecule has 2 aliphatic rings. The van der Waals surface area contributed by atoms with E-state index in [0.717, 1.165) is 44.7 Å². The number of rotatable bonds is 8. The normalized spacial score (nSPS) is 24.3. The number of nitrogens with zero attached hydrogens (tertiary/aromatic N) is 4. The van der Waals surface area contributed by atoms with Gasteiger partial charge in [-0.2, -0.15) is 10.5 Å². The Hall–Kier alpha value is -1.96. The molecule has 0 saturated carbocycles. The Kier molecular flexibility index (Phi) is 7.42. The summed E-state index contributed by atoms with van der Waals surface area (Å²) in [5, 5.41) is 18.3. The number of ether oxygens (including phenoxy) is 2. The highest BCUT2D eigenvalue weighted by atomic mass is 16.5. The van der Waals surface area contributed by atoms with Crippen LogP contribution in [0.5, 0.6) is 0 Å². The molecule has 28 heavy (non-hydrogen) atoms. The van der Waals surface area contributed by atoms with E-state index in [0.29, 0.717) is 12.1 Å². The molecule has 0 amide bonds. The number of likely N-dealkylation sites (tertiary alicyclic amines) is 2. The third-order valence-electron chi connectivity index (χ3n) is 6.02. The van der Waals surface area contributed by atoms with Crippen molar-refractivity contribution in [2.45, 2.75) is 49.9 Å². The van der Waals surface area contributed by atoms with E-state index in [9.17, 15) is 10.5 Å². The fourth-order valence-corrected chi connectivity index (χ4v) is 4.71. The van der Waals surface area contributed by atoms with Crippen LogP contribution >= 0.6 is 0 Å². The van der Waals surface area contributed by atoms with Gasteiger partial charge >= 0.3 is 0 Å². The van der Waals surface area contributed by atoms with Crippen molar-refractivity contribution in [2.24, 2.45) is 0 Å². The summed E-state index contributed by atoms with van der Waals surface area (Å²) in [4.78, 5) is 5.14. The Balaban J connectivity index is 1.92. The second-order valence-corrected chi connectivity index (χ2v) is 7.71. The second-order valence-electron chi connectivity index (χ2n) is 7.71. The van der Waals surface area contributed by atoms with Crippen LogP contribution in [0.4, 0.5) is 0 Å². The summed E-state index contributed by atoms with van der Waals surface area (Å²) in [6.07, 6.45) is 4.82. The van der Waals surface area contributed by atoms with Crippen LogP contribution in [-0.4, -0.2) is 62.4 Å². The third-order valence-corrected chi connectivity index (χ3v) is 6.02. The summed E-state index contributed by atoms with van der Waals surface area (Å²) < 4.78 is 11.0. The van der Waals surface area contributed by atoms with Gasteiger partial charge in [0.2, 0.25) is 0 Å². The van der Waals surface area contributed by atoms with Crippen molar-refractivity contribution in [1.82, 2.24) is 9.80 Å². The van der Waals surface area contributed by atoms with Crippen molar-refractivity contribution < 1.29 is 9.47 Å². The first-order chi connectivity index (χ1) is 13.7. The molecule has 2 atom stereocenters. The Bertz CT molecular complexity index is 671. The average molecular weight is 383 g/mol. The molecule has 1 aromatic carbocycles. The van der Waals surface area contributed by atoms with E-state index in [1.807, 2.05) is 12.1 Å². The second kappa shape index (κ2) is 10.0. The van der Waals surface area contributed by atoms with E-state index in [1.165, 1.54) is 18.4 Å². The van der Waals surface area contributed by atoms with Crippen LogP contribution in [0, 0.1) is 22.7 Å². The van der Waals surface area contributed by atoms with Crippen molar-refractivity contribution >= 4 is 0 Å².